The minimum Gasteiger partial charge on any atom is -0.411 e. The molecular formula is C19H21ClFN3O2. The van der Waals surface area contributed by atoms with Gasteiger partial charge in [0.25, 0.3) is 5.91 Å². The molecule has 0 saturated heterocycles. The third-order valence-corrected chi connectivity index (χ3v) is 4.24. The number of pyridine rings is 1. The summed E-state index contributed by atoms with van der Waals surface area (Å²) in [6.45, 7) is 7.75. The van der Waals surface area contributed by atoms with E-state index in [1.165, 1.54) is 18.2 Å². The van der Waals surface area contributed by atoms with E-state index in [0.717, 1.165) is 0 Å². The van der Waals surface area contributed by atoms with Gasteiger partial charge in [0.2, 0.25) is 0 Å². The number of oxime groups is 1. The minimum absolute atomic E-state index is 0.0322. The van der Waals surface area contributed by atoms with E-state index >= 15 is 0 Å². The first-order valence-corrected chi connectivity index (χ1v) is 8.63. The zero-order valence-electron chi connectivity index (χ0n) is 15.1. The molecule has 1 aromatic carbocycles. The van der Waals surface area contributed by atoms with E-state index in [4.69, 9.17) is 16.8 Å². The highest BCUT2D eigenvalue weighted by atomic mass is 35.5. The van der Waals surface area contributed by atoms with Crippen LogP contribution in [0.2, 0.25) is 5.02 Å². The molecule has 0 radical (unpaired) electrons. The molecule has 0 aliphatic heterocycles. The van der Waals surface area contributed by atoms with Crippen LogP contribution >= 0.6 is 11.6 Å². The van der Waals surface area contributed by atoms with E-state index in [1.54, 1.807) is 24.0 Å². The van der Waals surface area contributed by atoms with Crippen LogP contribution in [0, 0.1) is 5.82 Å². The van der Waals surface area contributed by atoms with Gasteiger partial charge >= 0.3 is 0 Å². The maximum absolute atomic E-state index is 13.9. The van der Waals surface area contributed by atoms with Crippen molar-refractivity contribution in [3.63, 3.8) is 0 Å². The normalized spacial score (nSPS) is 11.7. The first-order valence-electron chi connectivity index (χ1n) is 8.26. The molecule has 0 unspecified atom stereocenters. The first-order chi connectivity index (χ1) is 12.3. The Hall–Kier alpha value is -2.47. The van der Waals surface area contributed by atoms with Gasteiger partial charge in [-0.05, 0) is 58.0 Å². The molecule has 138 valence electrons. The van der Waals surface area contributed by atoms with Crippen LogP contribution in [0.25, 0.3) is 11.3 Å². The minimum atomic E-state index is -0.507. The van der Waals surface area contributed by atoms with Crippen molar-refractivity contribution in [3.8, 4) is 11.3 Å². The molecule has 26 heavy (non-hydrogen) atoms. The molecule has 2 rings (SSSR count). The quantitative estimate of drug-likeness (QED) is 0.470. The number of amides is 1. The van der Waals surface area contributed by atoms with Crippen LogP contribution < -0.4 is 0 Å². The largest absolute Gasteiger partial charge is 0.411 e. The van der Waals surface area contributed by atoms with Crippen LogP contribution in [-0.4, -0.2) is 39.3 Å². The van der Waals surface area contributed by atoms with Crippen LogP contribution in [0.15, 0.2) is 35.5 Å². The summed E-state index contributed by atoms with van der Waals surface area (Å²) in [5.74, 6) is -0.792. The number of nitrogens with zero attached hydrogens (tertiary/aromatic N) is 3. The molecule has 1 amide bonds. The fourth-order valence-electron chi connectivity index (χ4n) is 2.69. The third-order valence-electron chi connectivity index (χ3n) is 4.02. The van der Waals surface area contributed by atoms with Crippen molar-refractivity contribution in [3.05, 3.63) is 52.4 Å². The Bertz CT molecular complexity index is 853. The third kappa shape index (κ3) is 4.19. The molecule has 7 heteroatoms. The molecule has 0 aliphatic rings. The summed E-state index contributed by atoms with van der Waals surface area (Å²) in [6.07, 6.45) is 0. The van der Waals surface area contributed by atoms with Gasteiger partial charge in [-0.15, -0.1) is 0 Å². The predicted molar refractivity (Wildman–Crippen MR) is 100 cm³/mol. The Kier molecular flexibility index (Phi) is 6.32. The van der Waals surface area contributed by atoms with Crippen molar-refractivity contribution in [2.75, 3.05) is 6.54 Å². The molecule has 1 heterocycles. The van der Waals surface area contributed by atoms with E-state index < -0.39 is 5.82 Å². The molecular weight excluding hydrogens is 357 g/mol. The molecule has 0 spiro atoms. The van der Waals surface area contributed by atoms with Crippen molar-refractivity contribution in [1.82, 2.24) is 9.88 Å². The van der Waals surface area contributed by atoms with Gasteiger partial charge in [-0.1, -0.05) is 16.8 Å². The van der Waals surface area contributed by atoms with Gasteiger partial charge in [0.1, 0.15) is 11.5 Å². The van der Waals surface area contributed by atoms with Crippen LogP contribution in [-0.2, 0) is 0 Å². The average molecular weight is 378 g/mol. The fourth-order valence-corrected chi connectivity index (χ4v) is 2.89. The highest BCUT2D eigenvalue weighted by Crippen LogP contribution is 2.28. The fraction of sp³-hybridized carbons (Fsp3) is 0.316. The Morgan fingerprint density at radius 1 is 1.35 bits per heavy atom. The maximum atomic E-state index is 13.9. The Morgan fingerprint density at radius 2 is 2.04 bits per heavy atom. The van der Waals surface area contributed by atoms with E-state index in [1.807, 2.05) is 20.8 Å². The SMILES string of the molecule is CCN(C(=O)c1cc(F)ccc1-c1cc(Cl)cc(C(C)=NO)n1)C(C)C. The summed E-state index contributed by atoms with van der Waals surface area (Å²) in [6, 6.07) is 7.09. The molecule has 0 bridgehead atoms. The van der Waals surface area contributed by atoms with Gasteiger partial charge in [0.05, 0.1) is 17.0 Å². The second-order valence-corrected chi connectivity index (χ2v) is 6.55. The monoisotopic (exact) mass is 377 g/mol. The lowest BCUT2D eigenvalue weighted by atomic mass is 10.0. The van der Waals surface area contributed by atoms with Crippen molar-refractivity contribution in [1.29, 1.82) is 0 Å². The maximum Gasteiger partial charge on any atom is 0.254 e. The molecule has 0 fully saturated rings. The molecule has 1 N–H and O–H groups in total. The number of carbonyl (C=O) groups is 1. The van der Waals surface area contributed by atoms with E-state index in [9.17, 15) is 9.18 Å². The summed E-state index contributed by atoms with van der Waals surface area (Å²) < 4.78 is 13.9. The lowest BCUT2D eigenvalue weighted by Crippen LogP contribution is -2.37. The van der Waals surface area contributed by atoms with Crippen molar-refractivity contribution in [2.24, 2.45) is 5.16 Å². The summed E-state index contributed by atoms with van der Waals surface area (Å²) in [5.41, 5.74) is 1.72. The topological polar surface area (TPSA) is 65.8 Å². The summed E-state index contributed by atoms with van der Waals surface area (Å²) in [5, 5.41) is 12.5. The van der Waals surface area contributed by atoms with Crippen LogP contribution in [0.3, 0.4) is 0 Å². The number of halogens is 2. The summed E-state index contributed by atoms with van der Waals surface area (Å²) >= 11 is 6.16. The van der Waals surface area contributed by atoms with Gasteiger partial charge < -0.3 is 10.1 Å². The number of hydrogen-bond acceptors (Lipinski definition) is 4. The highest BCUT2D eigenvalue weighted by molar-refractivity contribution is 6.31. The van der Waals surface area contributed by atoms with E-state index in [0.29, 0.717) is 28.5 Å². The lowest BCUT2D eigenvalue weighted by molar-refractivity contribution is 0.0717. The van der Waals surface area contributed by atoms with Gasteiger partial charge in [0, 0.05) is 23.2 Å². The molecule has 0 aliphatic carbocycles. The predicted octanol–water partition coefficient (Wildman–Crippen LogP) is 4.61. The van der Waals surface area contributed by atoms with Crippen molar-refractivity contribution >= 4 is 23.2 Å². The molecule has 1 aromatic heterocycles. The van der Waals surface area contributed by atoms with Gasteiger partial charge in [-0.25, -0.2) is 9.37 Å². The van der Waals surface area contributed by atoms with Crippen molar-refractivity contribution in [2.45, 2.75) is 33.7 Å². The number of carbonyl (C=O) groups excluding carboxylic acids is 1. The average Bonchev–Trinajstić information content (AvgIpc) is 2.60. The van der Waals surface area contributed by atoms with E-state index in [2.05, 4.69) is 10.1 Å². The Morgan fingerprint density at radius 3 is 2.62 bits per heavy atom. The standard InChI is InChI=1S/C19H21ClFN3O2/c1-5-24(11(2)3)19(25)16-10-14(21)6-7-15(16)18-9-13(20)8-17(22-18)12(4)23-26/h6-11,26H,5H2,1-4H3. The van der Waals surface area contributed by atoms with Crippen LogP contribution in [0.4, 0.5) is 4.39 Å². The van der Waals surface area contributed by atoms with Crippen LogP contribution in [0.1, 0.15) is 43.7 Å². The molecule has 0 atom stereocenters. The van der Waals surface area contributed by atoms with Gasteiger partial charge in [-0.3, -0.25) is 4.79 Å². The van der Waals surface area contributed by atoms with Gasteiger partial charge in [-0.2, -0.15) is 0 Å². The van der Waals surface area contributed by atoms with Gasteiger partial charge in [0.15, 0.2) is 0 Å². The molecule has 5 nitrogen and oxygen atoms in total. The highest BCUT2D eigenvalue weighted by Gasteiger charge is 2.22. The number of aromatic nitrogens is 1. The number of hydrogen-bond donors (Lipinski definition) is 1. The van der Waals surface area contributed by atoms with Crippen molar-refractivity contribution < 1.29 is 14.4 Å². The zero-order chi connectivity index (χ0) is 19.4. The Labute approximate surface area is 157 Å². The van der Waals surface area contributed by atoms with Crippen LogP contribution in [0.5, 0.6) is 0 Å². The molecule has 0 saturated carbocycles. The zero-order valence-corrected chi connectivity index (χ0v) is 15.9. The number of rotatable bonds is 5. The second kappa shape index (κ2) is 8.27. The summed E-state index contributed by atoms with van der Waals surface area (Å²) in [7, 11) is 0. The first kappa shape index (κ1) is 19.8. The molecule has 2 aromatic rings. The lowest BCUT2D eigenvalue weighted by Gasteiger charge is -2.26. The Balaban J connectivity index is 2.65. The number of benzene rings is 1. The second-order valence-electron chi connectivity index (χ2n) is 6.12. The van der Waals surface area contributed by atoms with E-state index in [-0.39, 0.29) is 23.2 Å². The summed E-state index contributed by atoms with van der Waals surface area (Å²) in [4.78, 5) is 19.0. The smallest absolute Gasteiger partial charge is 0.254 e.